The van der Waals surface area contributed by atoms with Crippen molar-refractivity contribution in [1.29, 1.82) is 0 Å². The number of anilines is 2. The third kappa shape index (κ3) is 4.87. The molecule has 0 bridgehead atoms. The molecule has 3 aromatic heterocycles. The number of nitrogens with zero attached hydrogens (tertiary/aromatic N) is 5. The fraction of sp³-hybridized carbons (Fsp3) is 0.217. The normalized spacial score (nSPS) is 11.1. The van der Waals surface area contributed by atoms with Crippen molar-refractivity contribution in [2.75, 3.05) is 44.4 Å². The van der Waals surface area contributed by atoms with Crippen LogP contribution in [0.2, 0.25) is 0 Å². The van der Waals surface area contributed by atoms with Gasteiger partial charge in [0.25, 0.3) is 5.91 Å². The van der Waals surface area contributed by atoms with Crippen molar-refractivity contribution in [3.8, 4) is 11.5 Å². The van der Waals surface area contributed by atoms with Crippen LogP contribution in [0.25, 0.3) is 22.6 Å². The van der Waals surface area contributed by atoms with E-state index < -0.39 is 0 Å². The number of carbonyl (C=O) groups is 1. The highest BCUT2D eigenvalue weighted by molar-refractivity contribution is 6.04. The summed E-state index contributed by atoms with van der Waals surface area (Å²) in [7, 11) is 6.06. The number of rotatable bonds is 7. The van der Waals surface area contributed by atoms with Gasteiger partial charge in [-0.25, -0.2) is 9.97 Å². The third-order valence-corrected chi connectivity index (χ3v) is 4.93. The number of nitrogens with one attached hydrogen (secondary N) is 2. The van der Waals surface area contributed by atoms with E-state index in [1.54, 1.807) is 18.5 Å². The van der Waals surface area contributed by atoms with Crippen molar-refractivity contribution in [3.05, 3.63) is 66.5 Å². The maximum atomic E-state index is 12.7. The van der Waals surface area contributed by atoms with Gasteiger partial charge in [0.1, 0.15) is 11.5 Å². The molecular weight excluding hydrogens is 390 g/mol. The molecule has 0 saturated heterocycles. The Balaban J connectivity index is 1.45. The SMILES string of the molecule is CN(C)CCN(C)c1ccc(C(=O)Nc2ccc3nc(-c4ccccn4)[nH]c3c2)cn1. The zero-order valence-electron chi connectivity index (χ0n) is 17.8. The van der Waals surface area contributed by atoms with Crippen molar-refractivity contribution in [2.24, 2.45) is 0 Å². The number of benzene rings is 1. The van der Waals surface area contributed by atoms with Crippen LogP contribution in [0.4, 0.5) is 11.5 Å². The number of hydrogen-bond acceptors (Lipinski definition) is 6. The molecule has 2 N–H and O–H groups in total. The van der Waals surface area contributed by atoms with E-state index in [1.165, 1.54) is 0 Å². The lowest BCUT2D eigenvalue weighted by Crippen LogP contribution is -2.29. The topological polar surface area (TPSA) is 90.0 Å². The van der Waals surface area contributed by atoms with Gasteiger partial charge in [-0.3, -0.25) is 9.78 Å². The molecule has 0 aliphatic carbocycles. The van der Waals surface area contributed by atoms with Gasteiger partial charge in [0.15, 0.2) is 5.82 Å². The fourth-order valence-corrected chi connectivity index (χ4v) is 3.13. The summed E-state index contributed by atoms with van der Waals surface area (Å²) in [6.07, 6.45) is 3.33. The Morgan fingerprint density at radius 2 is 1.90 bits per heavy atom. The molecule has 158 valence electrons. The van der Waals surface area contributed by atoms with E-state index in [4.69, 9.17) is 0 Å². The Kier molecular flexibility index (Phi) is 5.90. The monoisotopic (exact) mass is 415 g/mol. The van der Waals surface area contributed by atoms with Gasteiger partial charge in [-0.15, -0.1) is 0 Å². The van der Waals surface area contributed by atoms with E-state index in [2.05, 4.69) is 35.1 Å². The van der Waals surface area contributed by atoms with Crippen LogP contribution < -0.4 is 10.2 Å². The highest BCUT2D eigenvalue weighted by Crippen LogP contribution is 2.22. The molecule has 0 aliphatic rings. The Morgan fingerprint density at radius 3 is 2.61 bits per heavy atom. The van der Waals surface area contributed by atoms with Crippen LogP contribution in [0, 0.1) is 0 Å². The summed E-state index contributed by atoms with van der Waals surface area (Å²) in [5.41, 5.74) is 3.59. The Morgan fingerprint density at radius 1 is 1.03 bits per heavy atom. The first-order valence-electron chi connectivity index (χ1n) is 10.0. The Bertz CT molecular complexity index is 1170. The van der Waals surface area contributed by atoms with Crippen molar-refractivity contribution < 1.29 is 4.79 Å². The summed E-state index contributed by atoms with van der Waals surface area (Å²) < 4.78 is 0. The number of fused-ring (bicyclic) bond motifs is 1. The molecule has 3 heterocycles. The molecule has 4 rings (SSSR count). The number of imidazole rings is 1. The quantitative estimate of drug-likeness (QED) is 0.482. The van der Waals surface area contributed by atoms with Crippen LogP contribution in [-0.2, 0) is 0 Å². The first-order chi connectivity index (χ1) is 15.0. The van der Waals surface area contributed by atoms with Crippen LogP contribution in [-0.4, -0.2) is 65.0 Å². The average Bonchev–Trinajstić information content (AvgIpc) is 3.21. The van der Waals surface area contributed by atoms with Gasteiger partial charge >= 0.3 is 0 Å². The van der Waals surface area contributed by atoms with E-state index in [0.717, 1.165) is 35.6 Å². The first-order valence-corrected chi connectivity index (χ1v) is 10.0. The lowest BCUT2D eigenvalue weighted by molar-refractivity contribution is 0.102. The summed E-state index contributed by atoms with van der Waals surface area (Å²) in [6, 6.07) is 14.9. The molecule has 0 aliphatic heterocycles. The molecule has 0 atom stereocenters. The molecule has 0 radical (unpaired) electrons. The summed E-state index contributed by atoms with van der Waals surface area (Å²) in [5, 5.41) is 2.93. The van der Waals surface area contributed by atoms with Gasteiger partial charge in [-0.05, 0) is 56.6 Å². The molecule has 0 saturated carbocycles. The minimum absolute atomic E-state index is 0.209. The molecule has 0 fully saturated rings. The maximum Gasteiger partial charge on any atom is 0.257 e. The molecule has 31 heavy (non-hydrogen) atoms. The second-order valence-corrected chi connectivity index (χ2v) is 7.62. The number of hydrogen-bond donors (Lipinski definition) is 2. The number of likely N-dealkylation sites (N-methyl/N-ethyl adjacent to an activating group) is 2. The van der Waals surface area contributed by atoms with E-state index in [9.17, 15) is 4.79 Å². The molecule has 1 aromatic carbocycles. The standard InChI is InChI=1S/C23H25N7O/c1-29(2)12-13-30(3)21-10-7-16(15-25-21)23(31)26-17-8-9-18-20(14-17)28-22(27-18)19-6-4-5-11-24-19/h4-11,14-15H,12-13H2,1-3H3,(H,26,31)(H,27,28). The van der Waals surface area contributed by atoms with Gasteiger partial charge < -0.3 is 20.1 Å². The summed E-state index contributed by atoms with van der Waals surface area (Å²) >= 11 is 0. The Hall–Kier alpha value is -3.78. The van der Waals surface area contributed by atoms with Crippen LogP contribution in [0.15, 0.2) is 60.9 Å². The lowest BCUT2D eigenvalue weighted by atomic mass is 10.2. The van der Waals surface area contributed by atoms with Crippen LogP contribution in [0.3, 0.4) is 0 Å². The van der Waals surface area contributed by atoms with E-state index in [-0.39, 0.29) is 5.91 Å². The highest BCUT2D eigenvalue weighted by atomic mass is 16.1. The third-order valence-electron chi connectivity index (χ3n) is 4.93. The van der Waals surface area contributed by atoms with Crippen LogP contribution in [0.5, 0.6) is 0 Å². The average molecular weight is 416 g/mol. The minimum atomic E-state index is -0.209. The molecule has 8 nitrogen and oxygen atoms in total. The number of amides is 1. The zero-order chi connectivity index (χ0) is 21.8. The number of pyridine rings is 2. The largest absolute Gasteiger partial charge is 0.358 e. The summed E-state index contributed by atoms with van der Waals surface area (Å²) in [4.78, 5) is 33.4. The summed E-state index contributed by atoms with van der Waals surface area (Å²) in [5.74, 6) is 1.32. The number of aromatic amines is 1. The van der Waals surface area contributed by atoms with Gasteiger partial charge in [-0.2, -0.15) is 0 Å². The molecular formula is C23H25N7O. The second kappa shape index (κ2) is 8.93. The van der Waals surface area contributed by atoms with E-state index in [0.29, 0.717) is 17.1 Å². The van der Waals surface area contributed by atoms with Crippen LogP contribution in [0.1, 0.15) is 10.4 Å². The Labute approximate surface area is 181 Å². The lowest BCUT2D eigenvalue weighted by Gasteiger charge is -2.20. The first kappa shape index (κ1) is 20.5. The van der Waals surface area contributed by atoms with Gasteiger partial charge in [0, 0.05) is 38.2 Å². The van der Waals surface area contributed by atoms with E-state index >= 15 is 0 Å². The highest BCUT2D eigenvalue weighted by Gasteiger charge is 2.11. The fourth-order valence-electron chi connectivity index (χ4n) is 3.13. The number of carbonyl (C=O) groups excluding carboxylic acids is 1. The number of H-pyrrole nitrogens is 1. The van der Waals surface area contributed by atoms with Crippen molar-refractivity contribution in [1.82, 2.24) is 24.8 Å². The minimum Gasteiger partial charge on any atom is -0.358 e. The molecule has 8 heteroatoms. The van der Waals surface area contributed by atoms with Gasteiger partial charge in [0.05, 0.1) is 16.6 Å². The van der Waals surface area contributed by atoms with Crippen molar-refractivity contribution in [3.63, 3.8) is 0 Å². The number of aromatic nitrogens is 4. The smallest absolute Gasteiger partial charge is 0.257 e. The van der Waals surface area contributed by atoms with Gasteiger partial charge in [0.2, 0.25) is 0 Å². The molecule has 1 amide bonds. The van der Waals surface area contributed by atoms with E-state index in [1.807, 2.05) is 63.6 Å². The molecule has 0 unspecified atom stereocenters. The zero-order valence-corrected chi connectivity index (χ0v) is 17.8. The van der Waals surface area contributed by atoms with Crippen molar-refractivity contribution >= 4 is 28.4 Å². The maximum absolute atomic E-state index is 12.7. The molecule has 0 spiro atoms. The molecule has 4 aromatic rings. The summed E-state index contributed by atoms with van der Waals surface area (Å²) in [6.45, 7) is 1.79. The van der Waals surface area contributed by atoms with Gasteiger partial charge in [-0.1, -0.05) is 6.07 Å². The van der Waals surface area contributed by atoms with Crippen molar-refractivity contribution in [2.45, 2.75) is 0 Å². The van der Waals surface area contributed by atoms with Crippen LogP contribution >= 0.6 is 0 Å². The predicted molar refractivity (Wildman–Crippen MR) is 123 cm³/mol. The second-order valence-electron chi connectivity index (χ2n) is 7.62. The predicted octanol–water partition coefficient (Wildman–Crippen LogP) is 3.27.